The number of carbonyl (C=O) groups is 1. The number of ketones is 1. The molecule has 0 unspecified atom stereocenters. The van der Waals surface area contributed by atoms with Gasteiger partial charge in [-0.3, -0.25) is 4.79 Å². The molecule has 90 valence electrons. The summed E-state index contributed by atoms with van der Waals surface area (Å²) in [5, 5.41) is 2.74. The van der Waals surface area contributed by atoms with E-state index in [1.54, 1.807) is 29.5 Å². The summed E-state index contributed by atoms with van der Waals surface area (Å²) in [6.45, 7) is 0. The summed E-state index contributed by atoms with van der Waals surface area (Å²) in [4.78, 5) is 13.1. The second-order valence-corrected chi connectivity index (χ2v) is 6.51. The third kappa shape index (κ3) is 1.97. The SMILES string of the molecule is O=C(c1cc2sccc2s1)c1cccc(Cl)c1Cl. The molecule has 0 saturated carbocycles. The molecular formula is C13H6Cl2OS2. The number of hydrogen-bond donors (Lipinski definition) is 0. The highest BCUT2D eigenvalue weighted by Gasteiger charge is 2.17. The van der Waals surface area contributed by atoms with Crippen LogP contribution in [0.25, 0.3) is 9.40 Å². The van der Waals surface area contributed by atoms with Crippen LogP contribution in [0.2, 0.25) is 10.0 Å². The zero-order chi connectivity index (χ0) is 12.7. The van der Waals surface area contributed by atoms with E-state index >= 15 is 0 Å². The molecule has 0 radical (unpaired) electrons. The standard InChI is InChI=1S/C13H6Cl2OS2/c14-8-3-1-2-7(12(8)15)13(16)11-6-10-9(18-11)4-5-17-10/h1-6H. The fraction of sp³-hybridized carbons (Fsp3) is 0. The van der Waals surface area contributed by atoms with Crippen molar-refractivity contribution in [3.8, 4) is 0 Å². The maximum absolute atomic E-state index is 12.4. The van der Waals surface area contributed by atoms with Gasteiger partial charge in [-0.1, -0.05) is 29.3 Å². The lowest BCUT2D eigenvalue weighted by Gasteiger charge is -2.02. The fourth-order valence-corrected chi connectivity index (χ4v) is 4.14. The van der Waals surface area contributed by atoms with Crippen LogP contribution in [0.5, 0.6) is 0 Å². The van der Waals surface area contributed by atoms with Crippen LogP contribution < -0.4 is 0 Å². The highest BCUT2D eigenvalue weighted by atomic mass is 35.5. The third-order valence-electron chi connectivity index (χ3n) is 2.56. The second-order valence-electron chi connectivity index (χ2n) is 3.69. The lowest BCUT2D eigenvalue weighted by Crippen LogP contribution is -1.99. The first-order chi connectivity index (χ1) is 8.66. The molecule has 0 N–H and O–H groups in total. The maximum Gasteiger partial charge on any atom is 0.204 e. The topological polar surface area (TPSA) is 17.1 Å². The van der Waals surface area contributed by atoms with E-state index in [2.05, 4.69) is 0 Å². The number of thiophene rings is 2. The average molecular weight is 313 g/mol. The first-order valence-electron chi connectivity index (χ1n) is 5.12. The van der Waals surface area contributed by atoms with Gasteiger partial charge in [-0.05, 0) is 29.6 Å². The molecule has 0 aliphatic rings. The predicted molar refractivity (Wildman–Crippen MR) is 79.6 cm³/mol. The Kier molecular flexibility index (Phi) is 3.16. The van der Waals surface area contributed by atoms with Gasteiger partial charge >= 0.3 is 0 Å². The number of benzene rings is 1. The van der Waals surface area contributed by atoms with Gasteiger partial charge in [-0.2, -0.15) is 0 Å². The highest BCUT2D eigenvalue weighted by Crippen LogP contribution is 2.33. The van der Waals surface area contributed by atoms with Gasteiger partial charge in [0.25, 0.3) is 0 Å². The predicted octanol–water partition coefficient (Wildman–Crippen LogP) is 5.50. The number of hydrogen-bond acceptors (Lipinski definition) is 3. The molecule has 0 atom stereocenters. The molecule has 0 saturated heterocycles. The van der Waals surface area contributed by atoms with E-state index in [-0.39, 0.29) is 5.78 Å². The van der Waals surface area contributed by atoms with Gasteiger partial charge in [0.2, 0.25) is 5.78 Å². The Balaban J connectivity index is 2.09. The number of halogens is 2. The van der Waals surface area contributed by atoms with E-state index in [0.29, 0.717) is 20.5 Å². The van der Waals surface area contributed by atoms with Crippen molar-refractivity contribution >= 4 is 61.1 Å². The first-order valence-corrected chi connectivity index (χ1v) is 7.58. The number of carbonyl (C=O) groups excluding carboxylic acids is 1. The van der Waals surface area contributed by atoms with E-state index in [9.17, 15) is 4.79 Å². The van der Waals surface area contributed by atoms with E-state index in [1.165, 1.54) is 11.3 Å². The van der Waals surface area contributed by atoms with Crippen LogP contribution in [0.1, 0.15) is 15.2 Å². The van der Waals surface area contributed by atoms with E-state index in [4.69, 9.17) is 23.2 Å². The van der Waals surface area contributed by atoms with Crippen molar-refractivity contribution in [2.45, 2.75) is 0 Å². The Morgan fingerprint density at radius 2 is 1.94 bits per heavy atom. The number of fused-ring (bicyclic) bond motifs is 1. The maximum atomic E-state index is 12.4. The van der Waals surface area contributed by atoms with Crippen LogP contribution in [0.3, 0.4) is 0 Å². The van der Waals surface area contributed by atoms with E-state index < -0.39 is 0 Å². The molecule has 0 spiro atoms. The smallest absolute Gasteiger partial charge is 0.204 e. The molecule has 3 aromatic rings. The molecule has 0 amide bonds. The van der Waals surface area contributed by atoms with Crippen LogP contribution >= 0.6 is 45.9 Å². The third-order valence-corrected chi connectivity index (χ3v) is 5.47. The van der Waals surface area contributed by atoms with Gasteiger partial charge in [-0.15, -0.1) is 22.7 Å². The zero-order valence-electron chi connectivity index (χ0n) is 8.94. The molecule has 0 aliphatic carbocycles. The molecular weight excluding hydrogens is 307 g/mol. The van der Waals surface area contributed by atoms with Gasteiger partial charge in [-0.25, -0.2) is 0 Å². The largest absolute Gasteiger partial charge is 0.288 e. The van der Waals surface area contributed by atoms with Crippen LogP contribution in [0.4, 0.5) is 0 Å². The molecule has 1 aromatic carbocycles. The average Bonchev–Trinajstić information content (AvgIpc) is 2.92. The zero-order valence-corrected chi connectivity index (χ0v) is 12.1. The van der Waals surface area contributed by atoms with Gasteiger partial charge < -0.3 is 0 Å². The minimum atomic E-state index is -0.0732. The van der Waals surface area contributed by atoms with Gasteiger partial charge in [0.1, 0.15) is 0 Å². The van der Waals surface area contributed by atoms with Crippen molar-refractivity contribution in [2.75, 3.05) is 0 Å². The van der Waals surface area contributed by atoms with Gasteiger partial charge in [0.05, 0.1) is 14.9 Å². The summed E-state index contributed by atoms with van der Waals surface area (Å²) in [5.41, 5.74) is 0.457. The van der Waals surface area contributed by atoms with Crippen molar-refractivity contribution in [3.05, 3.63) is 56.2 Å². The summed E-state index contributed by atoms with van der Waals surface area (Å²) in [6, 6.07) is 9.03. The Morgan fingerprint density at radius 1 is 1.11 bits per heavy atom. The summed E-state index contributed by atoms with van der Waals surface area (Å²) in [6.07, 6.45) is 0. The lowest BCUT2D eigenvalue weighted by molar-refractivity contribution is 0.104. The molecule has 1 nitrogen and oxygen atoms in total. The molecule has 2 heterocycles. The minimum Gasteiger partial charge on any atom is -0.288 e. The Bertz CT molecular complexity index is 714. The Labute approximate surface area is 122 Å². The highest BCUT2D eigenvalue weighted by molar-refractivity contribution is 7.28. The molecule has 0 bridgehead atoms. The quantitative estimate of drug-likeness (QED) is 0.571. The molecule has 2 aromatic heterocycles. The second kappa shape index (κ2) is 4.67. The van der Waals surface area contributed by atoms with Gasteiger partial charge in [0, 0.05) is 15.0 Å². The Morgan fingerprint density at radius 3 is 2.72 bits per heavy atom. The minimum absolute atomic E-state index is 0.0732. The molecule has 18 heavy (non-hydrogen) atoms. The molecule has 0 aliphatic heterocycles. The summed E-state index contributed by atoms with van der Waals surface area (Å²) >= 11 is 15.1. The summed E-state index contributed by atoms with van der Waals surface area (Å²) in [5.74, 6) is -0.0732. The molecule has 5 heteroatoms. The molecule has 3 rings (SSSR count). The monoisotopic (exact) mass is 312 g/mol. The normalized spacial score (nSPS) is 11.0. The first kappa shape index (κ1) is 12.2. The van der Waals surface area contributed by atoms with Crippen molar-refractivity contribution in [1.82, 2.24) is 0 Å². The van der Waals surface area contributed by atoms with Crippen LogP contribution in [0, 0.1) is 0 Å². The fourth-order valence-electron chi connectivity index (χ4n) is 1.69. The van der Waals surface area contributed by atoms with Crippen molar-refractivity contribution in [2.24, 2.45) is 0 Å². The lowest BCUT2D eigenvalue weighted by atomic mass is 10.1. The van der Waals surface area contributed by atoms with Crippen LogP contribution in [-0.2, 0) is 0 Å². The van der Waals surface area contributed by atoms with Gasteiger partial charge in [0.15, 0.2) is 0 Å². The van der Waals surface area contributed by atoms with E-state index in [1.807, 2.05) is 17.5 Å². The molecule has 0 fully saturated rings. The van der Waals surface area contributed by atoms with Crippen molar-refractivity contribution < 1.29 is 4.79 Å². The van der Waals surface area contributed by atoms with Crippen molar-refractivity contribution in [3.63, 3.8) is 0 Å². The van der Waals surface area contributed by atoms with E-state index in [0.717, 1.165) is 9.40 Å². The number of rotatable bonds is 2. The van der Waals surface area contributed by atoms with Crippen molar-refractivity contribution in [1.29, 1.82) is 0 Å². The Hall–Kier alpha value is -0.870. The van der Waals surface area contributed by atoms with Crippen LogP contribution in [-0.4, -0.2) is 5.78 Å². The van der Waals surface area contributed by atoms with Crippen LogP contribution in [0.15, 0.2) is 35.7 Å². The summed E-state index contributed by atoms with van der Waals surface area (Å²) in [7, 11) is 0. The summed E-state index contributed by atoms with van der Waals surface area (Å²) < 4.78 is 2.25.